The Morgan fingerprint density at radius 3 is 1.91 bits per heavy atom. The number of carbonyl (C=O) groups excluding carboxylic acids is 1. The van der Waals surface area contributed by atoms with Crippen molar-refractivity contribution in [3.8, 4) is 0 Å². The van der Waals surface area contributed by atoms with Crippen molar-refractivity contribution in [1.29, 1.82) is 0 Å². The van der Waals surface area contributed by atoms with Gasteiger partial charge in [-0.25, -0.2) is 0 Å². The summed E-state index contributed by atoms with van der Waals surface area (Å²) < 4.78 is 11.0. The molecule has 0 fully saturated rings. The predicted molar refractivity (Wildman–Crippen MR) is 87.2 cm³/mol. The maximum Gasteiger partial charge on any atom is 0.260 e. The summed E-state index contributed by atoms with van der Waals surface area (Å²) in [6.07, 6.45) is 0. The van der Waals surface area contributed by atoms with Gasteiger partial charge in [-0.05, 0) is 24.3 Å². The summed E-state index contributed by atoms with van der Waals surface area (Å²) in [5.74, 6) is -1.66. The predicted octanol–water partition coefficient (Wildman–Crippen LogP) is 3.08. The molecule has 0 heterocycles. The first-order valence-electron chi connectivity index (χ1n) is 7.03. The molecule has 2 rings (SSSR count). The Kier molecular flexibility index (Phi) is 4.96. The van der Waals surface area contributed by atoms with Crippen molar-refractivity contribution in [1.82, 2.24) is 0 Å². The monoisotopic (exact) mass is 299 g/mol. The highest BCUT2D eigenvalue weighted by Crippen LogP contribution is 2.30. The van der Waals surface area contributed by atoms with E-state index in [9.17, 15) is 4.79 Å². The van der Waals surface area contributed by atoms with Gasteiger partial charge in [-0.1, -0.05) is 30.3 Å². The minimum Gasteiger partial charge on any atom is -0.378 e. The van der Waals surface area contributed by atoms with Crippen LogP contribution in [0.1, 0.15) is 15.9 Å². The third-order valence-corrected chi connectivity index (χ3v) is 3.67. The normalized spacial score (nSPS) is 11.3. The van der Waals surface area contributed by atoms with Gasteiger partial charge in [-0.3, -0.25) is 4.79 Å². The van der Waals surface area contributed by atoms with Crippen molar-refractivity contribution >= 4 is 11.5 Å². The van der Waals surface area contributed by atoms with E-state index in [1.54, 1.807) is 12.1 Å². The smallest absolute Gasteiger partial charge is 0.260 e. The lowest BCUT2D eigenvalue weighted by molar-refractivity contribution is -0.176. The first-order chi connectivity index (χ1) is 10.5. The molecule has 0 atom stereocenters. The number of anilines is 1. The van der Waals surface area contributed by atoms with Crippen LogP contribution in [0.5, 0.6) is 0 Å². The quantitative estimate of drug-likeness (QED) is 0.607. The fourth-order valence-corrected chi connectivity index (χ4v) is 2.39. The van der Waals surface area contributed by atoms with Crippen LogP contribution in [0.15, 0.2) is 54.6 Å². The molecule has 0 aromatic heterocycles. The molecule has 4 heteroatoms. The summed E-state index contributed by atoms with van der Waals surface area (Å²) in [6, 6.07) is 16.6. The first kappa shape index (κ1) is 16.2. The van der Waals surface area contributed by atoms with Crippen molar-refractivity contribution in [3.05, 3.63) is 65.7 Å². The summed E-state index contributed by atoms with van der Waals surface area (Å²) in [7, 11) is 6.86. The van der Waals surface area contributed by atoms with Crippen LogP contribution in [0.2, 0.25) is 0 Å². The summed E-state index contributed by atoms with van der Waals surface area (Å²) in [4.78, 5) is 14.9. The molecule has 4 nitrogen and oxygen atoms in total. The van der Waals surface area contributed by atoms with E-state index < -0.39 is 5.79 Å². The number of hydrogen-bond acceptors (Lipinski definition) is 4. The third kappa shape index (κ3) is 2.89. The molecular weight excluding hydrogens is 278 g/mol. The maximum atomic E-state index is 12.9. The molecule has 0 aliphatic carbocycles. The van der Waals surface area contributed by atoms with Gasteiger partial charge in [0.1, 0.15) is 0 Å². The van der Waals surface area contributed by atoms with Gasteiger partial charge in [0, 0.05) is 45.1 Å². The van der Waals surface area contributed by atoms with Crippen LogP contribution in [0.4, 0.5) is 5.69 Å². The average molecular weight is 299 g/mol. The Bertz CT molecular complexity index is 617. The minimum atomic E-state index is -1.43. The molecule has 0 spiro atoms. The van der Waals surface area contributed by atoms with E-state index >= 15 is 0 Å². The number of benzene rings is 2. The van der Waals surface area contributed by atoms with E-state index in [0.29, 0.717) is 11.1 Å². The lowest BCUT2D eigenvalue weighted by Crippen LogP contribution is -2.40. The van der Waals surface area contributed by atoms with Gasteiger partial charge in [0.2, 0.25) is 5.78 Å². The van der Waals surface area contributed by atoms with Crippen molar-refractivity contribution in [2.75, 3.05) is 33.2 Å². The van der Waals surface area contributed by atoms with Gasteiger partial charge in [0.05, 0.1) is 0 Å². The van der Waals surface area contributed by atoms with Crippen LogP contribution < -0.4 is 4.90 Å². The Morgan fingerprint density at radius 2 is 1.45 bits per heavy atom. The van der Waals surface area contributed by atoms with E-state index in [2.05, 4.69) is 0 Å². The van der Waals surface area contributed by atoms with Crippen molar-refractivity contribution in [3.63, 3.8) is 0 Å². The van der Waals surface area contributed by atoms with Crippen molar-refractivity contribution in [2.24, 2.45) is 0 Å². The second-order valence-corrected chi connectivity index (χ2v) is 5.16. The summed E-state index contributed by atoms with van der Waals surface area (Å²) in [6.45, 7) is 0. The highest BCUT2D eigenvalue weighted by Gasteiger charge is 2.41. The highest BCUT2D eigenvalue weighted by molar-refractivity contribution is 6.02. The second kappa shape index (κ2) is 6.73. The van der Waals surface area contributed by atoms with E-state index in [1.807, 2.05) is 61.5 Å². The number of carbonyl (C=O) groups is 1. The van der Waals surface area contributed by atoms with Crippen LogP contribution in [0.25, 0.3) is 0 Å². The molecular formula is C18H21NO3. The number of ether oxygens (including phenoxy) is 2. The number of nitrogens with zero attached hydrogens (tertiary/aromatic N) is 1. The van der Waals surface area contributed by atoms with Crippen LogP contribution in [0, 0.1) is 0 Å². The van der Waals surface area contributed by atoms with E-state index in [1.165, 1.54) is 14.2 Å². The van der Waals surface area contributed by atoms with Crippen molar-refractivity contribution < 1.29 is 14.3 Å². The topological polar surface area (TPSA) is 38.8 Å². The fraction of sp³-hybridized carbons (Fsp3) is 0.278. The summed E-state index contributed by atoms with van der Waals surface area (Å²) in [5, 5.41) is 0. The molecule has 116 valence electrons. The average Bonchev–Trinajstić information content (AvgIpc) is 2.57. The van der Waals surface area contributed by atoms with Gasteiger partial charge < -0.3 is 14.4 Å². The molecule has 0 saturated carbocycles. The molecule has 0 N–H and O–H groups in total. The Hall–Kier alpha value is -2.17. The highest BCUT2D eigenvalue weighted by atomic mass is 16.7. The third-order valence-electron chi connectivity index (χ3n) is 3.67. The minimum absolute atomic E-state index is 0.228. The van der Waals surface area contributed by atoms with E-state index in [4.69, 9.17) is 9.47 Å². The van der Waals surface area contributed by atoms with Gasteiger partial charge in [0.15, 0.2) is 0 Å². The number of rotatable bonds is 6. The molecule has 2 aromatic rings. The lowest BCUT2D eigenvalue weighted by atomic mass is 9.95. The van der Waals surface area contributed by atoms with Crippen molar-refractivity contribution in [2.45, 2.75) is 5.79 Å². The van der Waals surface area contributed by atoms with Crippen LogP contribution in [-0.2, 0) is 15.3 Å². The maximum absolute atomic E-state index is 12.9. The van der Waals surface area contributed by atoms with E-state index in [-0.39, 0.29) is 5.78 Å². The molecule has 0 radical (unpaired) electrons. The van der Waals surface area contributed by atoms with Crippen LogP contribution in [-0.4, -0.2) is 34.1 Å². The standard InChI is InChI=1S/C18H21NO3/c1-19(2)16-12-10-14(11-13-16)17(20)18(21-3,22-4)15-8-6-5-7-9-15/h5-13H,1-4H3. The zero-order valence-electron chi connectivity index (χ0n) is 13.4. The number of methoxy groups -OCH3 is 2. The molecule has 0 aliphatic heterocycles. The van der Waals surface area contributed by atoms with Gasteiger partial charge in [-0.2, -0.15) is 0 Å². The molecule has 0 amide bonds. The number of hydrogen-bond donors (Lipinski definition) is 0. The summed E-state index contributed by atoms with van der Waals surface area (Å²) in [5.41, 5.74) is 2.23. The molecule has 2 aromatic carbocycles. The fourth-order valence-electron chi connectivity index (χ4n) is 2.39. The Balaban J connectivity index is 2.42. The number of ketones is 1. The molecule has 0 bridgehead atoms. The van der Waals surface area contributed by atoms with Gasteiger partial charge in [0.25, 0.3) is 5.79 Å². The molecule has 0 aliphatic rings. The first-order valence-corrected chi connectivity index (χ1v) is 7.03. The Morgan fingerprint density at radius 1 is 0.909 bits per heavy atom. The SMILES string of the molecule is COC(OC)(C(=O)c1ccc(N(C)C)cc1)c1ccccc1. The molecule has 22 heavy (non-hydrogen) atoms. The van der Waals surface area contributed by atoms with Crippen LogP contribution in [0.3, 0.4) is 0 Å². The second-order valence-electron chi connectivity index (χ2n) is 5.16. The zero-order chi connectivity index (χ0) is 16.2. The summed E-state index contributed by atoms with van der Waals surface area (Å²) >= 11 is 0. The number of Topliss-reactive ketones (excluding diaryl/α,β-unsaturated/α-hetero) is 1. The Labute approximate surface area is 131 Å². The van der Waals surface area contributed by atoms with Gasteiger partial charge in [-0.15, -0.1) is 0 Å². The zero-order valence-corrected chi connectivity index (χ0v) is 13.4. The van der Waals surface area contributed by atoms with Gasteiger partial charge >= 0.3 is 0 Å². The largest absolute Gasteiger partial charge is 0.378 e. The lowest BCUT2D eigenvalue weighted by Gasteiger charge is -2.29. The van der Waals surface area contributed by atoms with Crippen LogP contribution >= 0.6 is 0 Å². The molecule has 0 saturated heterocycles. The van der Waals surface area contributed by atoms with E-state index in [0.717, 1.165) is 5.69 Å². The molecule has 0 unspecified atom stereocenters.